The Kier molecular flexibility index (Phi) is 3.90. The number of benzene rings is 1. The van der Waals surface area contributed by atoms with E-state index in [1.807, 2.05) is 19.1 Å². The lowest BCUT2D eigenvalue weighted by atomic mass is 10.1. The van der Waals surface area contributed by atoms with E-state index in [9.17, 15) is 9.18 Å². The molecular formula is C15H15FN2O. The highest BCUT2D eigenvalue weighted by Crippen LogP contribution is 2.14. The topological polar surface area (TPSA) is 42.0 Å². The minimum absolute atomic E-state index is 0.0581. The molecule has 0 aliphatic heterocycles. The highest BCUT2D eigenvalue weighted by molar-refractivity contribution is 5.94. The highest BCUT2D eigenvalue weighted by atomic mass is 19.1. The number of pyridine rings is 1. The molecule has 1 atom stereocenters. The van der Waals surface area contributed by atoms with E-state index in [1.54, 1.807) is 31.3 Å². The maximum atomic E-state index is 13.8. The van der Waals surface area contributed by atoms with Gasteiger partial charge in [-0.05, 0) is 37.6 Å². The predicted molar refractivity (Wildman–Crippen MR) is 71.3 cm³/mol. The van der Waals surface area contributed by atoms with Crippen molar-refractivity contribution in [2.24, 2.45) is 0 Å². The van der Waals surface area contributed by atoms with Crippen molar-refractivity contribution >= 4 is 5.91 Å². The summed E-state index contributed by atoms with van der Waals surface area (Å²) < 4.78 is 13.8. The molecule has 19 heavy (non-hydrogen) atoms. The van der Waals surface area contributed by atoms with E-state index in [0.29, 0.717) is 5.56 Å². The van der Waals surface area contributed by atoms with Crippen LogP contribution < -0.4 is 5.32 Å². The number of halogens is 1. The van der Waals surface area contributed by atoms with Crippen molar-refractivity contribution in [3.63, 3.8) is 0 Å². The number of carbonyl (C=O) groups excluding carboxylic acids is 1. The van der Waals surface area contributed by atoms with Gasteiger partial charge in [0.05, 0.1) is 17.3 Å². The Morgan fingerprint density at radius 3 is 2.74 bits per heavy atom. The molecule has 0 saturated carbocycles. The summed E-state index contributed by atoms with van der Waals surface area (Å²) in [6.07, 6.45) is 1.66. The molecule has 0 aliphatic rings. The van der Waals surface area contributed by atoms with Crippen molar-refractivity contribution in [3.05, 3.63) is 65.2 Å². The van der Waals surface area contributed by atoms with Crippen LogP contribution in [-0.4, -0.2) is 10.9 Å². The zero-order chi connectivity index (χ0) is 13.8. The molecule has 98 valence electrons. The van der Waals surface area contributed by atoms with Gasteiger partial charge in [0.15, 0.2) is 0 Å². The fraction of sp³-hybridized carbons (Fsp3) is 0.200. The third-order valence-corrected chi connectivity index (χ3v) is 2.92. The lowest BCUT2D eigenvalue weighted by molar-refractivity contribution is 0.0935. The van der Waals surface area contributed by atoms with Gasteiger partial charge in [-0.15, -0.1) is 0 Å². The van der Waals surface area contributed by atoms with E-state index in [-0.39, 0.29) is 11.6 Å². The van der Waals surface area contributed by atoms with Crippen LogP contribution in [0.1, 0.15) is 34.6 Å². The van der Waals surface area contributed by atoms with Crippen molar-refractivity contribution in [2.45, 2.75) is 19.9 Å². The van der Waals surface area contributed by atoms with Crippen molar-refractivity contribution < 1.29 is 9.18 Å². The van der Waals surface area contributed by atoms with Gasteiger partial charge in [-0.3, -0.25) is 9.78 Å². The Morgan fingerprint density at radius 2 is 2.05 bits per heavy atom. The predicted octanol–water partition coefficient (Wildman–Crippen LogP) is 3.02. The number of aromatic nitrogens is 1. The number of nitrogens with zero attached hydrogens (tertiary/aromatic N) is 1. The Morgan fingerprint density at radius 1 is 1.26 bits per heavy atom. The van der Waals surface area contributed by atoms with Gasteiger partial charge in [0.2, 0.25) is 0 Å². The molecule has 4 heteroatoms. The van der Waals surface area contributed by atoms with E-state index in [0.717, 1.165) is 5.69 Å². The molecule has 0 aliphatic carbocycles. The Hall–Kier alpha value is -2.23. The molecule has 0 spiro atoms. The van der Waals surface area contributed by atoms with Gasteiger partial charge < -0.3 is 5.32 Å². The number of amides is 1. The summed E-state index contributed by atoms with van der Waals surface area (Å²) in [4.78, 5) is 16.2. The third kappa shape index (κ3) is 2.96. The largest absolute Gasteiger partial charge is 0.344 e. The van der Waals surface area contributed by atoms with Gasteiger partial charge in [0, 0.05) is 6.20 Å². The second-order valence-corrected chi connectivity index (χ2v) is 4.39. The second kappa shape index (κ2) is 5.61. The number of carbonyl (C=O) groups is 1. The van der Waals surface area contributed by atoms with Crippen LogP contribution in [0.2, 0.25) is 0 Å². The molecule has 0 bridgehead atoms. The molecule has 0 radical (unpaired) electrons. The average Bonchev–Trinajstić information content (AvgIpc) is 2.42. The number of aryl methyl sites for hydroxylation is 1. The van der Waals surface area contributed by atoms with Crippen LogP contribution in [0.15, 0.2) is 42.6 Å². The summed E-state index contributed by atoms with van der Waals surface area (Å²) in [6, 6.07) is 9.97. The van der Waals surface area contributed by atoms with Crippen LogP contribution >= 0.6 is 0 Å². The number of nitrogens with one attached hydrogen (secondary N) is 1. The zero-order valence-electron chi connectivity index (χ0n) is 10.9. The van der Waals surface area contributed by atoms with Gasteiger partial charge in [0.25, 0.3) is 5.91 Å². The average molecular weight is 258 g/mol. The Labute approximate surface area is 111 Å². The fourth-order valence-electron chi connectivity index (χ4n) is 1.80. The van der Waals surface area contributed by atoms with Crippen LogP contribution in [0.3, 0.4) is 0 Å². The lowest BCUT2D eigenvalue weighted by Crippen LogP contribution is -2.28. The third-order valence-electron chi connectivity index (χ3n) is 2.92. The van der Waals surface area contributed by atoms with E-state index in [4.69, 9.17) is 0 Å². The minimum atomic E-state index is -0.478. The molecule has 2 aromatic rings. The van der Waals surface area contributed by atoms with Gasteiger partial charge in [-0.25, -0.2) is 4.39 Å². The second-order valence-electron chi connectivity index (χ2n) is 4.39. The molecule has 1 amide bonds. The van der Waals surface area contributed by atoms with Gasteiger partial charge >= 0.3 is 0 Å². The SMILES string of the molecule is Cc1cccc(C(=O)NC(C)c2ccccn2)c1F. The van der Waals surface area contributed by atoms with E-state index in [1.165, 1.54) is 6.07 Å². The highest BCUT2D eigenvalue weighted by Gasteiger charge is 2.16. The maximum Gasteiger partial charge on any atom is 0.254 e. The first-order valence-electron chi connectivity index (χ1n) is 6.06. The summed E-state index contributed by atoms with van der Waals surface area (Å²) >= 11 is 0. The van der Waals surface area contributed by atoms with Crippen molar-refractivity contribution in [1.29, 1.82) is 0 Å². The van der Waals surface area contributed by atoms with Crippen LogP contribution in [0.5, 0.6) is 0 Å². The van der Waals surface area contributed by atoms with E-state index in [2.05, 4.69) is 10.3 Å². The van der Waals surface area contributed by atoms with Crippen molar-refractivity contribution in [2.75, 3.05) is 0 Å². The summed E-state index contributed by atoms with van der Waals surface area (Å²) in [5.74, 6) is -0.910. The normalized spacial score (nSPS) is 11.9. The van der Waals surface area contributed by atoms with Crippen molar-refractivity contribution in [1.82, 2.24) is 10.3 Å². The first kappa shape index (κ1) is 13.2. The number of hydrogen-bond donors (Lipinski definition) is 1. The molecule has 1 aromatic heterocycles. The fourth-order valence-corrected chi connectivity index (χ4v) is 1.80. The van der Waals surface area contributed by atoms with Crippen molar-refractivity contribution in [3.8, 4) is 0 Å². The zero-order valence-corrected chi connectivity index (χ0v) is 10.9. The maximum absolute atomic E-state index is 13.8. The first-order chi connectivity index (χ1) is 9.09. The first-order valence-corrected chi connectivity index (χ1v) is 6.06. The smallest absolute Gasteiger partial charge is 0.254 e. The van der Waals surface area contributed by atoms with E-state index >= 15 is 0 Å². The van der Waals surface area contributed by atoms with E-state index < -0.39 is 11.7 Å². The van der Waals surface area contributed by atoms with Crippen LogP contribution in [0, 0.1) is 12.7 Å². The van der Waals surface area contributed by atoms with Gasteiger partial charge in [0.1, 0.15) is 5.82 Å². The standard InChI is InChI=1S/C15H15FN2O/c1-10-6-5-7-12(14(10)16)15(19)18-11(2)13-8-3-4-9-17-13/h3-9,11H,1-2H3,(H,18,19). The number of rotatable bonds is 3. The van der Waals surface area contributed by atoms with Crippen LogP contribution in [-0.2, 0) is 0 Å². The molecule has 0 fully saturated rings. The van der Waals surface area contributed by atoms with Gasteiger partial charge in [-0.2, -0.15) is 0 Å². The quantitative estimate of drug-likeness (QED) is 0.919. The Balaban J connectivity index is 2.16. The van der Waals surface area contributed by atoms with Crippen LogP contribution in [0.4, 0.5) is 4.39 Å². The molecule has 1 aromatic carbocycles. The Bertz CT molecular complexity index is 584. The molecule has 3 nitrogen and oxygen atoms in total. The molecule has 1 heterocycles. The molecule has 2 rings (SSSR count). The lowest BCUT2D eigenvalue weighted by Gasteiger charge is -2.14. The summed E-state index contributed by atoms with van der Waals surface area (Å²) in [6.45, 7) is 3.45. The molecular weight excluding hydrogens is 243 g/mol. The minimum Gasteiger partial charge on any atom is -0.344 e. The van der Waals surface area contributed by atoms with Gasteiger partial charge in [-0.1, -0.05) is 18.2 Å². The molecule has 1 unspecified atom stereocenters. The van der Waals surface area contributed by atoms with Crippen LogP contribution in [0.25, 0.3) is 0 Å². The molecule has 1 N–H and O–H groups in total. The molecule has 0 saturated heterocycles. The summed E-state index contributed by atoms with van der Waals surface area (Å²) in [5, 5.41) is 2.74. The monoisotopic (exact) mass is 258 g/mol. The summed E-state index contributed by atoms with van der Waals surface area (Å²) in [7, 11) is 0. The number of hydrogen-bond acceptors (Lipinski definition) is 2. The summed E-state index contributed by atoms with van der Waals surface area (Å²) in [5.41, 5.74) is 1.25.